The summed E-state index contributed by atoms with van der Waals surface area (Å²) in [6.45, 7) is 0. The van der Waals surface area contributed by atoms with Crippen LogP contribution in [0.15, 0.2) is 54.9 Å². The number of nitrogens with zero attached hydrogens (tertiary/aromatic N) is 1. The van der Waals surface area contributed by atoms with Crippen molar-refractivity contribution < 1.29 is 0 Å². The van der Waals surface area contributed by atoms with Crippen molar-refractivity contribution in [1.29, 1.82) is 0 Å². The molecule has 0 N–H and O–H groups in total. The third-order valence-corrected chi connectivity index (χ3v) is 2.98. The highest BCUT2D eigenvalue weighted by atomic mass is 127. The molecule has 0 atom stereocenters. The Labute approximate surface area is 103 Å². The van der Waals surface area contributed by atoms with Crippen molar-refractivity contribution in [3.8, 4) is 0 Å². The van der Waals surface area contributed by atoms with E-state index in [-0.39, 0.29) is 0 Å². The van der Waals surface area contributed by atoms with E-state index in [1.165, 1.54) is 14.7 Å². The van der Waals surface area contributed by atoms with Crippen LogP contribution >= 0.6 is 22.6 Å². The van der Waals surface area contributed by atoms with Gasteiger partial charge in [-0.2, -0.15) is 0 Å². The third kappa shape index (κ3) is 2.89. The standard InChI is InChI=1S/C13H10IN/c14-13(12-4-2-1-3-5-12)10-11-6-8-15-9-7-11/h1-10H/b13-10-. The van der Waals surface area contributed by atoms with Gasteiger partial charge in [0.1, 0.15) is 0 Å². The smallest absolute Gasteiger partial charge is 0.0273 e. The van der Waals surface area contributed by atoms with Gasteiger partial charge in [-0.3, -0.25) is 4.98 Å². The van der Waals surface area contributed by atoms with Crippen molar-refractivity contribution in [3.63, 3.8) is 0 Å². The van der Waals surface area contributed by atoms with Gasteiger partial charge in [-0.05, 0) is 51.9 Å². The molecule has 2 rings (SSSR count). The Hall–Kier alpha value is -1.16. The van der Waals surface area contributed by atoms with Crippen LogP contribution in [0.1, 0.15) is 11.1 Å². The predicted octanol–water partition coefficient (Wildman–Crippen LogP) is 4.01. The molecule has 0 aliphatic heterocycles. The van der Waals surface area contributed by atoms with Gasteiger partial charge in [-0.15, -0.1) is 0 Å². The average molecular weight is 307 g/mol. The molecule has 0 saturated heterocycles. The molecule has 2 heteroatoms. The summed E-state index contributed by atoms with van der Waals surface area (Å²) >= 11 is 2.35. The van der Waals surface area contributed by atoms with Crippen LogP contribution in [0.25, 0.3) is 9.66 Å². The van der Waals surface area contributed by atoms with Crippen LogP contribution in [0.2, 0.25) is 0 Å². The third-order valence-electron chi connectivity index (χ3n) is 2.05. The Morgan fingerprint density at radius 2 is 1.67 bits per heavy atom. The van der Waals surface area contributed by atoms with E-state index in [1.54, 1.807) is 12.4 Å². The number of hydrogen-bond donors (Lipinski definition) is 0. The van der Waals surface area contributed by atoms with Crippen molar-refractivity contribution in [1.82, 2.24) is 4.98 Å². The van der Waals surface area contributed by atoms with E-state index < -0.39 is 0 Å². The molecule has 2 aromatic rings. The van der Waals surface area contributed by atoms with Crippen LogP contribution in [0.3, 0.4) is 0 Å². The molecular weight excluding hydrogens is 297 g/mol. The first-order chi connectivity index (χ1) is 7.36. The lowest BCUT2D eigenvalue weighted by molar-refractivity contribution is 1.32. The van der Waals surface area contributed by atoms with Crippen LogP contribution in [-0.2, 0) is 0 Å². The molecule has 0 amide bonds. The largest absolute Gasteiger partial charge is 0.265 e. The first-order valence-electron chi connectivity index (χ1n) is 4.69. The summed E-state index contributed by atoms with van der Waals surface area (Å²) in [6.07, 6.45) is 5.76. The second kappa shape index (κ2) is 5.07. The highest BCUT2D eigenvalue weighted by molar-refractivity contribution is 14.1. The maximum absolute atomic E-state index is 3.99. The highest BCUT2D eigenvalue weighted by Gasteiger charge is 1.95. The summed E-state index contributed by atoms with van der Waals surface area (Å²) in [4.78, 5) is 3.99. The zero-order valence-electron chi connectivity index (χ0n) is 8.10. The quantitative estimate of drug-likeness (QED) is 0.764. The Morgan fingerprint density at radius 3 is 2.33 bits per heavy atom. The predicted molar refractivity (Wildman–Crippen MR) is 72.6 cm³/mol. The minimum atomic E-state index is 1.18. The molecule has 0 radical (unpaired) electrons. The van der Waals surface area contributed by atoms with Gasteiger partial charge in [0, 0.05) is 16.0 Å². The van der Waals surface area contributed by atoms with E-state index in [4.69, 9.17) is 0 Å². The second-order valence-electron chi connectivity index (χ2n) is 3.14. The summed E-state index contributed by atoms with van der Waals surface area (Å²) in [5, 5.41) is 0. The number of benzene rings is 1. The normalized spacial score (nSPS) is 11.4. The zero-order valence-corrected chi connectivity index (χ0v) is 10.3. The van der Waals surface area contributed by atoms with Gasteiger partial charge in [-0.25, -0.2) is 0 Å². The van der Waals surface area contributed by atoms with Crippen molar-refractivity contribution in [3.05, 3.63) is 66.0 Å². The lowest BCUT2D eigenvalue weighted by Gasteiger charge is -1.99. The first-order valence-corrected chi connectivity index (χ1v) is 5.77. The summed E-state index contributed by atoms with van der Waals surface area (Å²) in [5.74, 6) is 0. The first kappa shape index (κ1) is 10.4. The minimum Gasteiger partial charge on any atom is -0.265 e. The zero-order chi connectivity index (χ0) is 10.5. The van der Waals surface area contributed by atoms with E-state index in [2.05, 4.69) is 45.8 Å². The maximum atomic E-state index is 3.99. The highest BCUT2D eigenvalue weighted by Crippen LogP contribution is 2.23. The Bertz CT molecular complexity index is 448. The van der Waals surface area contributed by atoms with Crippen LogP contribution in [0, 0.1) is 0 Å². The number of pyridine rings is 1. The monoisotopic (exact) mass is 307 g/mol. The molecule has 0 spiro atoms. The number of hydrogen-bond acceptors (Lipinski definition) is 1. The molecule has 74 valence electrons. The van der Waals surface area contributed by atoms with Gasteiger partial charge in [0.2, 0.25) is 0 Å². The molecule has 1 nitrogen and oxygen atoms in total. The van der Waals surface area contributed by atoms with Gasteiger partial charge >= 0.3 is 0 Å². The summed E-state index contributed by atoms with van der Waals surface area (Å²) in [6, 6.07) is 14.4. The number of halogens is 1. The fourth-order valence-corrected chi connectivity index (χ4v) is 2.01. The van der Waals surface area contributed by atoms with Gasteiger partial charge in [0.05, 0.1) is 0 Å². The van der Waals surface area contributed by atoms with E-state index in [0.717, 1.165) is 0 Å². The van der Waals surface area contributed by atoms with Gasteiger partial charge in [-0.1, -0.05) is 30.3 Å². The molecule has 0 aliphatic rings. The van der Waals surface area contributed by atoms with E-state index in [9.17, 15) is 0 Å². The van der Waals surface area contributed by atoms with Gasteiger partial charge in [0.25, 0.3) is 0 Å². The molecule has 1 aromatic heterocycles. The van der Waals surface area contributed by atoms with Crippen LogP contribution < -0.4 is 0 Å². The summed E-state index contributed by atoms with van der Waals surface area (Å²) < 4.78 is 1.24. The minimum absolute atomic E-state index is 1.18. The van der Waals surface area contributed by atoms with E-state index in [0.29, 0.717) is 0 Å². The summed E-state index contributed by atoms with van der Waals surface area (Å²) in [5.41, 5.74) is 2.42. The van der Waals surface area contributed by atoms with Crippen LogP contribution in [0.5, 0.6) is 0 Å². The molecule has 0 fully saturated rings. The van der Waals surface area contributed by atoms with E-state index >= 15 is 0 Å². The molecule has 0 unspecified atom stereocenters. The number of rotatable bonds is 2. The Kier molecular flexibility index (Phi) is 3.50. The SMILES string of the molecule is I/C(=C\c1ccncc1)c1ccccc1. The second-order valence-corrected chi connectivity index (χ2v) is 4.30. The Morgan fingerprint density at radius 1 is 1.00 bits per heavy atom. The van der Waals surface area contributed by atoms with E-state index in [1.807, 2.05) is 30.3 Å². The molecule has 0 saturated carbocycles. The maximum Gasteiger partial charge on any atom is 0.0273 e. The molecule has 15 heavy (non-hydrogen) atoms. The molecule has 1 aromatic carbocycles. The van der Waals surface area contributed by atoms with Gasteiger partial charge in [0.15, 0.2) is 0 Å². The lowest BCUT2D eigenvalue weighted by Crippen LogP contribution is -1.77. The molecule has 0 aliphatic carbocycles. The number of aromatic nitrogens is 1. The topological polar surface area (TPSA) is 12.9 Å². The Balaban J connectivity index is 2.29. The summed E-state index contributed by atoms with van der Waals surface area (Å²) in [7, 11) is 0. The van der Waals surface area contributed by atoms with Crippen molar-refractivity contribution in [2.45, 2.75) is 0 Å². The lowest BCUT2D eigenvalue weighted by atomic mass is 10.1. The van der Waals surface area contributed by atoms with Crippen LogP contribution in [0.4, 0.5) is 0 Å². The molecular formula is C13H10IN. The fourth-order valence-electron chi connectivity index (χ4n) is 1.29. The molecule has 1 heterocycles. The van der Waals surface area contributed by atoms with Crippen molar-refractivity contribution >= 4 is 32.2 Å². The van der Waals surface area contributed by atoms with Crippen LogP contribution in [-0.4, -0.2) is 4.98 Å². The van der Waals surface area contributed by atoms with Crippen molar-refractivity contribution in [2.75, 3.05) is 0 Å². The van der Waals surface area contributed by atoms with Crippen molar-refractivity contribution in [2.24, 2.45) is 0 Å². The average Bonchev–Trinajstić information content (AvgIpc) is 2.31. The molecule has 0 bridgehead atoms. The fraction of sp³-hybridized carbons (Fsp3) is 0. The van der Waals surface area contributed by atoms with Gasteiger partial charge < -0.3 is 0 Å².